The molecule has 0 atom stereocenters. The summed E-state index contributed by atoms with van der Waals surface area (Å²) in [5, 5.41) is 5.30. The van der Waals surface area contributed by atoms with E-state index in [0.29, 0.717) is 10.7 Å². The second-order valence-electron chi connectivity index (χ2n) is 5.39. The van der Waals surface area contributed by atoms with E-state index in [-0.39, 0.29) is 18.1 Å². The van der Waals surface area contributed by atoms with Gasteiger partial charge in [-0.1, -0.05) is 12.1 Å². The third-order valence-corrected chi connectivity index (χ3v) is 4.35. The molecule has 1 fully saturated rings. The summed E-state index contributed by atoms with van der Waals surface area (Å²) in [6, 6.07) is 6.06. The number of anilines is 1. The Kier molecular flexibility index (Phi) is 5.32. The van der Waals surface area contributed by atoms with Gasteiger partial charge in [0.15, 0.2) is 5.13 Å². The van der Waals surface area contributed by atoms with Crippen LogP contribution in [0.1, 0.15) is 11.3 Å². The van der Waals surface area contributed by atoms with Crippen LogP contribution < -0.4 is 5.32 Å². The summed E-state index contributed by atoms with van der Waals surface area (Å²) < 4.78 is 18.4. The third kappa shape index (κ3) is 4.82. The van der Waals surface area contributed by atoms with Gasteiger partial charge in [0.05, 0.1) is 25.3 Å². The SMILES string of the molecule is O=C(Cc1cccc(F)c1)Nc1nc(CN2CCOCC2)cs1. The van der Waals surface area contributed by atoms with Crippen molar-refractivity contribution < 1.29 is 13.9 Å². The number of nitrogens with one attached hydrogen (secondary N) is 1. The maximum absolute atomic E-state index is 13.1. The van der Waals surface area contributed by atoms with Gasteiger partial charge in [-0.05, 0) is 17.7 Å². The zero-order chi connectivity index (χ0) is 16.1. The fourth-order valence-electron chi connectivity index (χ4n) is 2.42. The lowest BCUT2D eigenvalue weighted by Gasteiger charge is -2.25. The Balaban J connectivity index is 1.52. The highest BCUT2D eigenvalue weighted by Gasteiger charge is 2.13. The number of carbonyl (C=O) groups is 1. The molecule has 1 saturated heterocycles. The van der Waals surface area contributed by atoms with Crippen molar-refractivity contribution in [1.82, 2.24) is 9.88 Å². The van der Waals surface area contributed by atoms with Crippen molar-refractivity contribution in [1.29, 1.82) is 0 Å². The predicted octanol–water partition coefficient (Wildman–Crippen LogP) is 2.30. The predicted molar refractivity (Wildman–Crippen MR) is 86.9 cm³/mol. The highest BCUT2D eigenvalue weighted by atomic mass is 32.1. The zero-order valence-corrected chi connectivity index (χ0v) is 13.4. The van der Waals surface area contributed by atoms with Gasteiger partial charge in [0.25, 0.3) is 0 Å². The van der Waals surface area contributed by atoms with Crippen molar-refractivity contribution in [3.63, 3.8) is 0 Å². The quantitative estimate of drug-likeness (QED) is 0.911. The van der Waals surface area contributed by atoms with E-state index >= 15 is 0 Å². The van der Waals surface area contributed by atoms with Gasteiger partial charge >= 0.3 is 0 Å². The van der Waals surface area contributed by atoms with Crippen LogP contribution in [0.2, 0.25) is 0 Å². The van der Waals surface area contributed by atoms with Crippen molar-refractivity contribution >= 4 is 22.4 Å². The first-order valence-electron chi connectivity index (χ1n) is 7.48. The van der Waals surface area contributed by atoms with Gasteiger partial charge in [0, 0.05) is 25.0 Å². The van der Waals surface area contributed by atoms with Crippen molar-refractivity contribution in [3.8, 4) is 0 Å². The number of amides is 1. The topological polar surface area (TPSA) is 54.5 Å². The molecule has 7 heteroatoms. The van der Waals surface area contributed by atoms with Gasteiger partial charge in [-0.15, -0.1) is 11.3 Å². The van der Waals surface area contributed by atoms with Gasteiger partial charge in [0.2, 0.25) is 5.91 Å². The van der Waals surface area contributed by atoms with Gasteiger partial charge in [0.1, 0.15) is 5.82 Å². The molecule has 1 aromatic heterocycles. The highest BCUT2D eigenvalue weighted by Crippen LogP contribution is 2.17. The number of hydrogen-bond acceptors (Lipinski definition) is 5. The molecule has 0 spiro atoms. The number of morpholine rings is 1. The maximum Gasteiger partial charge on any atom is 0.230 e. The van der Waals surface area contributed by atoms with E-state index in [0.717, 1.165) is 38.5 Å². The number of nitrogens with zero attached hydrogens (tertiary/aromatic N) is 2. The molecule has 0 bridgehead atoms. The summed E-state index contributed by atoms with van der Waals surface area (Å²) in [5.74, 6) is -0.528. The van der Waals surface area contributed by atoms with Gasteiger partial charge < -0.3 is 10.1 Å². The van der Waals surface area contributed by atoms with E-state index < -0.39 is 0 Å². The monoisotopic (exact) mass is 335 g/mol. The molecule has 1 N–H and O–H groups in total. The summed E-state index contributed by atoms with van der Waals surface area (Å²) in [5.41, 5.74) is 1.59. The number of halogens is 1. The fourth-order valence-corrected chi connectivity index (χ4v) is 3.14. The molecule has 3 rings (SSSR count). The van der Waals surface area contributed by atoms with Crippen LogP contribution in [-0.4, -0.2) is 42.1 Å². The van der Waals surface area contributed by atoms with Gasteiger partial charge in [-0.3, -0.25) is 9.69 Å². The molecule has 0 aliphatic carbocycles. The summed E-state index contributed by atoms with van der Waals surface area (Å²) in [4.78, 5) is 18.7. The van der Waals surface area contributed by atoms with E-state index in [9.17, 15) is 9.18 Å². The minimum atomic E-state index is -0.336. The normalized spacial score (nSPS) is 15.5. The maximum atomic E-state index is 13.1. The Morgan fingerprint density at radius 2 is 2.22 bits per heavy atom. The van der Waals surface area contributed by atoms with Crippen LogP contribution in [0, 0.1) is 5.82 Å². The van der Waals surface area contributed by atoms with Crippen LogP contribution in [0.4, 0.5) is 9.52 Å². The van der Waals surface area contributed by atoms with Crippen LogP contribution in [0.5, 0.6) is 0 Å². The van der Waals surface area contributed by atoms with Gasteiger partial charge in [-0.25, -0.2) is 9.37 Å². The third-order valence-electron chi connectivity index (χ3n) is 3.54. The highest BCUT2D eigenvalue weighted by molar-refractivity contribution is 7.13. The number of aromatic nitrogens is 1. The van der Waals surface area contributed by atoms with Crippen molar-refractivity contribution in [2.24, 2.45) is 0 Å². The summed E-state index contributed by atoms with van der Waals surface area (Å²) >= 11 is 1.41. The van der Waals surface area contributed by atoms with Crippen LogP contribution in [0.15, 0.2) is 29.6 Å². The van der Waals surface area contributed by atoms with Crippen LogP contribution >= 0.6 is 11.3 Å². The lowest BCUT2D eigenvalue weighted by atomic mass is 10.1. The summed E-state index contributed by atoms with van der Waals surface area (Å²) in [6.45, 7) is 4.07. The molecule has 122 valence electrons. The standard InChI is InChI=1S/C16H18FN3O2S/c17-13-3-1-2-12(8-13)9-15(21)19-16-18-14(11-23-16)10-20-4-6-22-7-5-20/h1-3,8,11H,4-7,9-10H2,(H,18,19,21). The number of carbonyl (C=O) groups excluding carboxylic acids is 1. The molecular weight excluding hydrogens is 317 g/mol. The number of hydrogen-bond donors (Lipinski definition) is 1. The Morgan fingerprint density at radius 1 is 1.39 bits per heavy atom. The van der Waals surface area contributed by atoms with Crippen molar-refractivity contribution in [2.75, 3.05) is 31.6 Å². The Bertz CT molecular complexity index is 671. The number of rotatable bonds is 5. The molecule has 0 saturated carbocycles. The van der Waals surface area contributed by atoms with E-state index in [2.05, 4.69) is 15.2 Å². The molecule has 1 aliphatic rings. The van der Waals surface area contributed by atoms with Gasteiger partial charge in [-0.2, -0.15) is 0 Å². The second kappa shape index (κ2) is 7.63. The van der Waals surface area contributed by atoms with E-state index in [1.165, 1.54) is 23.5 Å². The fraction of sp³-hybridized carbons (Fsp3) is 0.375. The minimum absolute atomic E-state index is 0.135. The molecule has 2 aromatic rings. The molecule has 23 heavy (non-hydrogen) atoms. The van der Waals surface area contributed by atoms with E-state index in [1.54, 1.807) is 12.1 Å². The number of thiazole rings is 1. The minimum Gasteiger partial charge on any atom is -0.379 e. The first kappa shape index (κ1) is 16.0. The first-order chi connectivity index (χ1) is 11.2. The lowest BCUT2D eigenvalue weighted by molar-refractivity contribution is -0.115. The molecule has 0 unspecified atom stereocenters. The second-order valence-corrected chi connectivity index (χ2v) is 6.25. The molecule has 5 nitrogen and oxygen atoms in total. The summed E-state index contributed by atoms with van der Waals surface area (Å²) in [7, 11) is 0. The smallest absolute Gasteiger partial charge is 0.230 e. The Labute approximate surface area is 138 Å². The van der Waals surface area contributed by atoms with Crippen LogP contribution in [0.25, 0.3) is 0 Å². The number of ether oxygens (including phenoxy) is 1. The zero-order valence-electron chi connectivity index (χ0n) is 12.6. The average Bonchev–Trinajstić information content (AvgIpc) is 2.95. The molecule has 1 amide bonds. The van der Waals surface area contributed by atoms with E-state index in [1.807, 2.05) is 5.38 Å². The van der Waals surface area contributed by atoms with Crippen LogP contribution in [-0.2, 0) is 22.5 Å². The Morgan fingerprint density at radius 3 is 3.00 bits per heavy atom. The molecular formula is C16H18FN3O2S. The molecule has 0 radical (unpaired) electrons. The largest absolute Gasteiger partial charge is 0.379 e. The molecule has 2 heterocycles. The lowest BCUT2D eigenvalue weighted by Crippen LogP contribution is -2.35. The summed E-state index contributed by atoms with van der Waals surface area (Å²) in [6.07, 6.45) is 0.135. The van der Waals surface area contributed by atoms with Crippen LogP contribution in [0.3, 0.4) is 0 Å². The average molecular weight is 335 g/mol. The van der Waals surface area contributed by atoms with Crippen molar-refractivity contribution in [3.05, 3.63) is 46.7 Å². The Hall–Kier alpha value is -1.83. The van der Waals surface area contributed by atoms with E-state index in [4.69, 9.17) is 4.74 Å². The first-order valence-corrected chi connectivity index (χ1v) is 8.36. The number of benzene rings is 1. The molecule has 1 aromatic carbocycles. The van der Waals surface area contributed by atoms with Crippen molar-refractivity contribution in [2.45, 2.75) is 13.0 Å². The molecule has 1 aliphatic heterocycles.